The Hall–Kier alpha value is -3.99. The van der Waals surface area contributed by atoms with Crippen LogP contribution in [0.4, 0.5) is 21.0 Å². The molecule has 0 radical (unpaired) electrons. The van der Waals surface area contributed by atoms with Gasteiger partial charge in [0, 0.05) is 18.3 Å². The van der Waals surface area contributed by atoms with Crippen molar-refractivity contribution in [2.75, 3.05) is 24.3 Å². The molecule has 0 fully saturated rings. The predicted molar refractivity (Wildman–Crippen MR) is 123 cm³/mol. The Labute approximate surface area is 193 Å². The third kappa shape index (κ3) is 5.44. The van der Waals surface area contributed by atoms with Gasteiger partial charge in [0.2, 0.25) is 11.7 Å². The van der Waals surface area contributed by atoms with E-state index in [-0.39, 0.29) is 34.1 Å². The van der Waals surface area contributed by atoms with Gasteiger partial charge in [0.1, 0.15) is 28.3 Å². The highest BCUT2D eigenvalue weighted by atomic mass is 32.1. The minimum absolute atomic E-state index is 0.0104. The summed E-state index contributed by atoms with van der Waals surface area (Å²) < 4.78 is 18.7. The normalized spacial score (nSPS) is 11.5. The summed E-state index contributed by atoms with van der Waals surface area (Å²) in [5, 5.41) is 2.71. The lowest BCUT2D eigenvalue weighted by atomic mass is 10.1. The second kappa shape index (κ2) is 10.1. The van der Waals surface area contributed by atoms with E-state index in [9.17, 15) is 18.8 Å². The van der Waals surface area contributed by atoms with E-state index in [1.165, 1.54) is 36.2 Å². The molecule has 5 N–H and O–H groups in total. The molecule has 3 rings (SSSR count). The van der Waals surface area contributed by atoms with Gasteiger partial charge in [-0.25, -0.2) is 9.37 Å². The highest BCUT2D eigenvalue weighted by Gasteiger charge is 2.27. The van der Waals surface area contributed by atoms with E-state index in [4.69, 9.17) is 16.2 Å². The Bertz CT molecular complexity index is 1160. The van der Waals surface area contributed by atoms with Crippen LogP contribution in [0.2, 0.25) is 0 Å². The number of nitrogens with two attached hydrogens (primary N) is 2. The zero-order valence-electron chi connectivity index (χ0n) is 17.9. The summed E-state index contributed by atoms with van der Waals surface area (Å²) in [7, 11) is 1.50. The highest BCUT2D eigenvalue weighted by Crippen LogP contribution is 2.36. The average molecular weight is 472 g/mol. The summed E-state index contributed by atoms with van der Waals surface area (Å²) in [5.74, 6) is -1.32. The third-order valence-electron chi connectivity index (χ3n) is 4.72. The van der Waals surface area contributed by atoms with Gasteiger partial charge in [-0.05, 0) is 55.5 Å². The molecule has 0 saturated heterocycles. The number of benzene rings is 2. The summed E-state index contributed by atoms with van der Waals surface area (Å²) in [6, 6.07) is 10.8. The minimum Gasteiger partial charge on any atom is -0.484 e. The van der Waals surface area contributed by atoms with Crippen LogP contribution in [0, 0.1) is 5.82 Å². The number of hydrogen-bond acceptors (Lipinski definition) is 8. The van der Waals surface area contributed by atoms with Crippen molar-refractivity contribution >= 4 is 45.6 Å². The first-order chi connectivity index (χ1) is 15.7. The molecule has 33 heavy (non-hydrogen) atoms. The van der Waals surface area contributed by atoms with Crippen LogP contribution in [-0.2, 0) is 9.59 Å². The quantitative estimate of drug-likeness (QED) is 0.407. The Morgan fingerprint density at radius 1 is 1.15 bits per heavy atom. The van der Waals surface area contributed by atoms with Gasteiger partial charge >= 0.3 is 0 Å². The number of amides is 2. The van der Waals surface area contributed by atoms with E-state index in [1.807, 2.05) is 0 Å². The van der Waals surface area contributed by atoms with Crippen LogP contribution in [0.3, 0.4) is 0 Å². The molecule has 11 heteroatoms. The molecule has 0 aliphatic carbocycles. The van der Waals surface area contributed by atoms with Gasteiger partial charge in [-0.2, -0.15) is 0 Å². The number of aromatic nitrogens is 1. The lowest BCUT2D eigenvalue weighted by Crippen LogP contribution is -2.39. The van der Waals surface area contributed by atoms with Crippen molar-refractivity contribution < 1.29 is 23.5 Å². The van der Waals surface area contributed by atoms with Gasteiger partial charge in [-0.15, -0.1) is 0 Å². The molecule has 0 aliphatic rings. The standard InChI is InChI=1S/C22H22FN5O4S/c1-12(21(25)31)28(15-7-5-14(23)6-8-15)22-27-20(24)19(33-22)18(30)13-3-9-16(10-4-13)32-11-17(29)26-2/h3-10,12H,11,24H2,1-2H3,(H2,25,31)(H,26,29)/t12-/m1/s1. The summed E-state index contributed by atoms with van der Waals surface area (Å²) in [6.45, 7) is 1.43. The van der Waals surface area contributed by atoms with Crippen LogP contribution in [0.5, 0.6) is 5.75 Å². The average Bonchev–Trinajstić information content (AvgIpc) is 3.19. The monoisotopic (exact) mass is 471 g/mol. The first-order valence-electron chi connectivity index (χ1n) is 9.79. The fourth-order valence-electron chi connectivity index (χ4n) is 2.87. The third-order valence-corrected chi connectivity index (χ3v) is 5.79. The van der Waals surface area contributed by atoms with E-state index in [2.05, 4.69) is 10.3 Å². The Morgan fingerprint density at radius 2 is 1.79 bits per heavy atom. The van der Waals surface area contributed by atoms with Crippen molar-refractivity contribution in [2.24, 2.45) is 5.73 Å². The van der Waals surface area contributed by atoms with Gasteiger partial charge in [-0.3, -0.25) is 14.4 Å². The number of carbonyl (C=O) groups excluding carboxylic acids is 3. The molecule has 2 amide bonds. The van der Waals surface area contributed by atoms with Gasteiger partial charge in [-0.1, -0.05) is 11.3 Å². The van der Waals surface area contributed by atoms with Crippen molar-refractivity contribution in [3.8, 4) is 5.75 Å². The number of nitrogens with one attached hydrogen (secondary N) is 1. The number of rotatable bonds is 9. The number of hydrogen-bond donors (Lipinski definition) is 3. The predicted octanol–water partition coefficient (Wildman–Crippen LogP) is 2.23. The van der Waals surface area contributed by atoms with Crippen molar-refractivity contribution in [2.45, 2.75) is 13.0 Å². The van der Waals surface area contributed by atoms with Gasteiger partial charge in [0.25, 0.3) is 5.91 Å². The smallest absolute Gasteiger partial charge is 0.257 e. The zero-order valence-corrected chi connectivity index (χ0v) is 18.7. The Balaban J connectivity index is 1.88. The van der Waals surface area contributed by atoms with Crippen LogP contribution in [-0.4, -0.2) is 42.3 Å². The molecule has 0 aliphatic heterocycles. The first-order valence-corrected chi connectivity index (χ1v) is 10.6. The van der Waals surface area contributed by atoms with E-state index in [1.54, 1.807) is 31.2 Å². The molecule has 3 aromatic rings. The van der Waals surface area contributed by atoms with Crippen LogP contribution >= 0.6 is 11.3 Å². The van der Waals surface area contributed by atoms with E-state index in [0.717, 1.165) is 11.3 Å². The first kappa shape index (κ1) is 23.7. The summed E-state index contributed by atoms with van der Waals surface area (Å²) >= 11 is 0.991. The van der Waals surface area contributed by atoms with E-state index in [0.29, 0.717) is 17.0 Å². The molecular formula is C22H22FN5O4S. The molecule has 172 valence electrons. The van der Waals surface area contributed by atoms with E-state index >= 15 is 0 Å². The molecule has 1 aromatic heterocycles. The van der Waals surface area contributed by atoms with Crippen LogP contribution in [0.1, 0.15) is 22.2 Å². The number of anilines is 3. The Morgan fingerprint density at radius 3 is 2.36 bits per heavy atom. The Kier molecular flexibility index (Phi) is 7.23. The number of nitrogens with zero attached hydrogens (tertiary/aromatic N) is 2. The minimum atomic E-state index is -0.833. The SMILES string of the molecule is CNC(=O)COc1ccc(C(=O)c2sc(N(c3ccc(F)cc3)[C@H](C)C(N)=O)nc2N)cc1. The van der Waals surface area contributed by atoms with Gasteiger partial charge < -0.3 is 26.4 Å². The number of primary amides is 1. The van der Waals surface area contributed by atoms with Crippen LogP contribution in [0.15, 0.2) is 48.5 Å². The van der Waals surface area contributed by atoms with Crippen molar-refractivity contribution in [3.05, 3.63) is 64.8 Å². The fourth-order valence-corrected chi connectivity index (χ4v) is 3.92. The number of ether oxygens (including phenoxy) is 1. The number of carbonyl (C=O) groups is 3. The molecule has 0 bridgehead atoms. The molecule has 0 spiro atoms. The lowest BCUT2D eigenvalue weighted by molar-refractivity contribution is -0.122. The molecule has 1 heterocycles. The summed E-state index contributed by atoms with van der Waals surface area (Å²) in [5.41, 5.74) is 12.3. The second-order valence-electron chi connectivity index (χ2n) is 6.95. The summed E-state index contributed by atoms with van der Waals surface area (Å²) in [4.78, 5) is 42.2. The summed E-state index contributed by atoms with van der Waals surface area (Å²) in [6.07, 6.45) is 0. The largest absolute Gasteiger partial charge is 0.484 e. The zero-order chi connectivity index (χ0) is 24.1. The highest BCUT2D eigenvalue weighted by molar-refractivity contribution is 7.18. The number of halogens is 1. The lowest BCUT2D eigenvalue weighted by Gasteiger charge is -2.26. The van der Waals surface area contributed by atoms with Gasteiger partial charge in [0.15, 0.2) is 11.7 Å². The van der Waals surface area contributed by atoms with Gasteiger partial charge in [0.05, 0.1) is 0 Å². The second-order valence-corrected chi connectivity index (χ2v) is 7.93. The number of likely N-dealkylation sites (N-methyl/N-ethyl adjacent to an activating group) is 1. The maximum atomic E-state index is 13.4. The van der Waals surface area contributed by atoms with Crippen LogP contribution in [0.25, 0.3) is 0 Å². The van der Waals surface area contributed by atoms with E-state index < -0.39 is 17.8 Å². The molecule has 9 nitrogen and oxygen atoms in total. The van der Waals surface area contributed by atoms with Crippen molar-refractivity contribution in [3.63, 3.8) is 0 Å². The molecular weight excluding hydrogens is 449 g/mol. The molecule has 1 atom stereocenters. The number of ketones is 1. The molecule has 0 unspecified atom stereocenters. The van der Waals surface area contributed by atoms with Crippen LogP contribution < -0.4 is 26.4 Å². The number of nitrogen functional groups attached to an aromatic ring is 1. The maximum absolute atomic E-state index is 13.4. The number of thiazole rings is 1. The topological polar surface area (TPSA) is 141 Å². The van der Waals surface area contributed by atoms with Crippen molar-refractivity contribution in [1.29, 1.82) is 0 Å². The molecule has 0 saturated carbocycles. The maximum Gasteiger partial charge on any atom is 0.257 e. The van der Waals surface area contributed by atoms with Crippen molar-refractivity contribution in [1.82, 2.24) is 10.3 Å². The fraction of sp³-hybridized carbons (Fsp3) is 0.182. The molecule has 2 aromatic carbocycles.